The van der Waals surface area contributed by atoms with Crippen molar-refractivity contribution in [2.75, 3.05) is 19.7 Å². The maximum atomic E-state index is 12.2. The van der Waals surface area contributed by atoms with Crippen LogP contribution in [0.3, 0.4) is 0 Å². The van der Waals surface area contributed by atoms with Crippen LogP contribution in [0.15, 0.2) is 0 Å². The van der Waals surface area contributed by atoms with E-state index in [-0.39, 0.29) is 6.09 Å². The molecule has 0 heterocycles. The number of carbonyl (C=O) groups excluding carboxylic acids is 1. The summed E-state index contributed by atoms with van der Waals surface area (Å²) in [5.41, 5.74) is 0. The molecule has 1 amide bonds. The van der Waals surface area contributed by atoms with Crippen molar-refractivity contribution in [2.45, 2.75) is 97.8 Å². The highest BCUT2D eigenvalue weighted by atomic mass is 16.6. The van der Waals surface area contributed by atoms with Crippen molar-refractivity contribution in [1.29, 1.82) is 0 Å². The number of ether oxygens (including phenoxy) is 1. The van der Waals surface area contributed by atoms with Crippen LogP contribution < -0.4 is 0 Å². The molecule has 0 aliphatic heterocycles. The van der Waals surface area contributed by atoms with Gasteiger partial charge in [-0.05, 0) is 19.3 Å². The van der Waals surface area contributed by atoms with Crippen LogP contribution in [-0.4, -0.2) is 30.7 Å². The average molecular weight is 314 g/mol. The number of carbonyl (C=O) groups is 1. The van der Waals surface area contributed by atoms with E-state index in [1.807, 2.05) is 4.90 Å². The normalized spacial score (nSPS) is 10.7. The molecule has 0 aromatic carbocycles. The topological polar surface area (TPSA) is 29.5 Å². The first-order chi connectivity index (χ1) is 10.8. The molecule has 0 aromatic rings. The second kappa shape index (κ2) is 16.6. The van der Waals surface area contributed by atoms with Gasteiger partial charge in [-0.1, -0.05) is 78.6 Å². The molecule has 0 unspecified atom stereocenters. The number of hydrogen-bond donors (Lipinski definition) is 0. The van der Waals surface area contributed by atoms with Crippen LogP contribution in [0, 0.1) is 0 Å². The minimum absolute atomic E-state index is 0.0931. The van der Waals surface area contributed by atoms with E-state index in [1.165, 1.54) is 51.4 Å². The Balaban J connectivity index is 3.97. The Hall–Kier alpha value is -0.730. The molecule has 0 radical (unpaired) electrons. The molecule has 0 bridgehead atoms. The lowest BCUT2D eigenvalue weighted by molar-refractivity contribution is 0.0990. The second-order valence-electron chi connectivity index (χ2n) is 6.28. The molecule has 0 saturated carbocycles. The lowest BCUT2D eigenvalue weighted by atomic mass is 10.2. The minimum Gasteiger partial charge on any atom is -0.449 e. The van der Waals surface area contributed by atoms with E-state index < -0.39 is 0 Å². The highest BCUT2D eigenvalue weighted by Gasteiger charge is 2.13. The Morgan fingerprint density at radius 1 is 0.682 bits per heavy atom. The van der Waals surface area contributed by atoms with Gasteiger partial charge in [0.2, 0.25) is 0 Å². The first-order valence-electron chi connectivity index (χ1n) is 9.67. The van der Waals surface area contributed by atoms with E-state index in [0.717, 1.165) is 38.8 Å². The van der Waals surface area contributed by atoms with Gasteiger partial charge in [-0.2, -0.15) is 0 Å². The van der Waals surface area contributed by atoms with Crippen molar-refractivity contribution < 1.29 is 9.53 Å². The SMILES string of the molecule is CCCCCCOC(=O)N(CCCCCC)CCCCCC. The van der Waals surface area contributed by atoms with Crippen LogP contribution in [0.2, 0.25) is 0 Å². The third kappa shape index (κ3) is 13.0. The van der Waals surface area contributed by atoms with Crippen LogP contribution in [0.5, 0.6) is 0 Å². The lowest BCUT2D eigenvalue weighted by Crippen LogP contribution is -2.33. The molecule has 0 spiro atoms. The van der Waals surface area contributed by atoms with Gasteiger partial charge in [0.05, 0.1) is 6.61 Å². The predicted octanol–water partition coefficient (Wildman–Crippen LogP) is 6.17. The smallest absolute Gasteiger partial charge is 0.409 e. The van der Waals surface area contributed by atoms with Gasteiger partial charge in [-0.3, -0.25) is 0 Å². The van der Waals surface area contributed by atoms with Crippen molar-refractivity contribution in [3.63, 3.8) is 0 Å². The van der Waals surface area contributed by atoms with Gasteiger partial charge in [0.15, 0.2) is 0 Å². The lowest BCUT2D eigenvalue weighted by Gasteiger charge is -2.22. The first-order valence-corrected chi connectivity index (χ1v) is 9.67. The van der Waals surface area contributed by atoms with E-state index >= 15 is 0 Å². The summed E-state index contributed by atoms with van der Waals surface area (Å²) in [6, 6.07) is 0. The van der Waals surface area contributed by atoms with Gasteiger partial charge in [-0.25, -0.2) is 4.79 Å². The quantitative estimate of drug-likeness (QED) is 0.338. The molecule has 0 aromatic heterocycles. The molecule has 3 nitrogen and oxygen atoms in total. The summed E-state index contributed by atoms with van der Waals surface area (Å²) in [4.78, 5) is 14.1. The monoisotopic (exact) mass is 313 g/mol. The van der Waals surface area contributed by atoms with Crippen LogP contribution in [-0.2, 0) is 4.74 Å². The first kappa shape index (κ1) is 21.3. The fraction of sp³-hybridized carbons (Fsp3) is 0.947. The van der Waals surface area contributed by atoms with Gasteiger partial charge in [0.1, 0.15) is 0 Å². The zero-order chi connectivity index (χ0) is 16.5. The number of nitrogens with zero attached hydrogens (tertiary/aromatic N) is 1. The molecule has 3 heteroatoms. The number of unbranched alkanes of at least 4 members (excludes halogenated alkanes) is 9. The summed E-state index contributed by atoms with van der Waals surface area (Å²) < 4.78 is 5.45. The maximum Gasteiger partial charge on any atom is 0.409 e. The Kier molecular flexibility index (Phi) is 16.1. The molecular formula is C19H39NO2. The van der Waals surface area contributed by atoms with E-state index in [9.17, 15) is 4.79 Å². The molecule has 0 rings (SSSR count). The summed E-state index contributed by atoms with van der Waals surface area (Å²) in [6.45, 7) is 8.93. The van der Waals surface area contributed by atoms with Crippen LogP contribution >= 0.6 is 0 Å². The Morgan fingerprint density at radius 2 is 1.14 bits per heavy atom. The fourth-order valence-electron chi connectivity index (χ4n) is 2.53. The molecule has 132 valence electrons. The minimum atomic E-state index is -0.0931. The maximum absolute atomic E-state index is 12.2. The van der Waals surface area contributed by atoms with Crippen molar-refractivity contribution in [1.82, 2.24) is 4.90 Å². The van der Waals surface area contributed by atoms with Crippen molar-refractivity contribution in [3.8, 4) is 0 Å². The number of rotatable bonds is 15. The average Bonchev–Trinajstić information content (AvgIpc) is 2.53. The highest BCUT2D eigenvalue weighted by Crippen LogP contribution is 2.08. The van der Waals surface area contributed by atoms with Crippen molar-refractivity contribution in [3.05, 3.63) is 0 Å². The van der Waals surface area contributed by atoms with Gasteiger partial charge in [-0.15, -0.1) is 0 Å². The molecular weight excluding hydrogens is 274 g/mol. The molecule has 0 atom stereocenters. The zero-order valence-electron chi connectivity index (χ0n) is 15.4. The van der Waals surface area contributed by atoms with E-state index in [2.05, 4.69) is 20.8 Å². The second-order valence-corrected chi connectivity index (χ2v) is 6.28. The predicted molar refractivity (Wildman–Crippen MR) is 95.3 cm³/mol. The Bertz CT molecular complexity index is 232. The molecule has 0 saturated heterocycles. The van der Waals surface area contributed by atoms with Crippen LogP contribution in [0.4, 0.5) is 4.79 Å². The standard InChI is InChI=1S/C19H39NO2/c1-4-7-10-13-16-20(17-14-11-8-5-2)19(21)22-18-15-12-9-6-3/h4-18H2,1-3H3. The van der Waals surface area contributed by atoms with Crippen LogP contribution in [0.25, 0.3) is 0 Å². The number of hydrogen-bond acceptors (Lipinski definition) is 2. The zero-order valence-corrected chi connectivity index (χ0v) is 15.4. The third-order valence-corrected chi connectivity index (χ3v) is 4.04. The highest BCUT2D eigenvalue weighted by molar-refractivity contribution is 5.67. The molecule has 0 aliphatic carbocycles. The fourth-order valence-corrected chi connectivity index (χ4v) is 2.53. The van der Waals surface area contributed by atoms with Gasteiger partial charge in [0, 0.05) is 13.1 Å². The van der Waals surface area contributed by atoms with Gasteiger partial charge < -0.3 is 9.64 Å². The van der Waals surface area contributed by atoms with E-state index in [0.29, 0.717) is 6.61 Å². The largest absolute Gasteiger partial charge is 0.449 e. The molecule has 22 heavy (non-hydrogen) atoms. The summed E-state index contributed by atoms with van der Waals surface area (Å²) in [6.07, 6.45) is 14.1. The third-order valence-electron chi connectivity index (χ3n) is 4.04. The van der Waals surface area contributed by atoms with Crippen molar-refractivity contribution >= 4 is 6.09 Å². The summed E-state index contributed by atoms with van der Waals surface area (Å²) in [5, 5.41) is 0. The van der Waals surface area contributed by atoms with Gasteiger partial charge in [0.25, 0.3) is 0 Å². The summed E-state index contributed by atoms with van der Waals surface area (Å²) in [5.74, 6) is 0. The summed E-state index contributed by atoms with van der Waals surface area (Å²) in [7, 11) is 0. The number of amides is 1. The van der Waals surface area contributed by atoms with Gasteiger partial charge >= 0.3 is 6.09 Å². The summed E-state index contributed by atoms with van der Waals surface area (Å²) >= 11 is 0. The van der Waals surface area contributed by atoms with E-state index in [1.54, 1.807) is 0 Å². The molecule has 0 aliphatic rings. The van der Waals surface area contributed by atoms with Crippen LogP contribution in [0.1, 0.15) is 97.8 Å². The van der Waals surface area contributed by atoms with E-state index in [4.69, 9.17) is 4.74 Å². The Morgan fingerprint density at radius 3 is 1.59 bits per heavy atom. The van der Waals surface area contributed by atoms with Crippen molar-refractivity contribution in [2.24, 2.45) is 0 Å². The molecule has 0 fully saturated rings. The Labute approximate surface area is 138 Å². The molecule has 0 N–H and O–H groups in total.